The summed E-state index contributed by atoms with van der Waals surface area (Å²) < 4.78 is 0. The van der Waals surface area contributed by atoms with Crippen LogP contribution in [0.3, 0.4) is 0 Å². The molecular formula is C36H23N3S. The smallest absolute Gasteiger partial charge is 0.118 e. The summed E-state index contributed by atoms with van der Waals surface area (Å²) in [5, 5.41) is 14.2. The SMILES string of the molecule is c1ccc(-c2cnnc(-c3ccccc3)c2N2c3c(ccc4ccccc34)Sc3ccc4ccccc4c32)cc1. The molecule has 0 aliphatic carbocycles. The Bertz CT molecular complexity index is 1890. The molecule has 3 nitrogen and oxygen atoms in total. The zero-order chi connectivity index (χ0) is 26.5. The van der Waals surface area contributed by atoms with E-state index in [-0.39, 0.29) is 0 Å². The Labute approximate surface area is 236 Å². The first-order valence-electron chi connectivity index (χ1n) is 13.3. The Morgan fingerprint density at radius 3 is 1.60 bits per heavy atom. The largest absolute Gasteiger partial charge is 0.304 e. The van der Waals surface area contributed by atoms with Gasteiger partial charge in [0, 0.05) is 31.7 Å². The number of benzene rings is 6. The average molecular weight is 530 g/mol. The fourth-order valence-corrected chi connectivity index (χ4v) is 6.88. The first kappa shape index (κ1) is 23.0. The Kier molecular flexibility index (Phi) is 5.39. The molecule has 0 unspecified atom stereocenters. The van der Waals surface area contributed by atoms with Gasteiger partial charge >= 0.3 is 0 Å². The molecule has 0 atom stereocenters. The molecule has 6 aromatic carbocycles. The minimum Gasteiger partial charge on any atom is -0.304 e. The molecule has 1 aromatic heterocycles. The van der Waals surface area contributed by atoms with E-state index in [4.69, 9.17) is 5.10 Å². The molecule has 7 aromatic rings. The molecule has 1 aliphatic rings. The van der Waals surface area contributed by atoms with Gasteiger partial charge in [0.25, 0.3) is 0 Å². The number of hydrogen-bond donors (Lipinski definition) is 0. The van der Waals surface area contributed by atoms with Crippen molar-refractivity contribution >= 4 is 50.4 Å². The van der Waals surface area contributed by atoms with Crippen molar-refractivity contribution in [3.63, 3.8) is 0 Å². The van der Waals surface area contributed by atoms with Crippen molar-refractivity contribution in [3.8, 4) is 22.4 Å². The van der Waals surface area contributed by atoms with E-state index in [1.165, 1.54) is 42.7 Å². The van der Waals surface area contributed by atoms with Gasteiger partial charge in [-0.15, -0.1) is 5.10 Å². The highest BCUT2D eigenvalue weighted by Gasteiger charge is 2.32. The second-order valence-electron chi connectivity index (χ2n) is 9.89. The van der Waals surface area contributed by atoms with Gasteiger partial charge in [-0.25, -0.2) is 0 Å². The van der Waals surface area contributed by atoms with Crippen LogP contribution in [-0.4, -0.2) is 10.2 Å². The minimum absolute atomic E-state index is 0.853. The lowest BCUT2D eigenvalue weighted by Gasteiger charge is -2.36. The lowest BCUT2D eigenvalue weighted by atomic mass is 9.97. The van der Waals surface area contributed by atoms with Gasteiger partial charge < -0.3 is 4.90 Å². The number of hydrogen-bond acceptors (Lipinski definition) is 4. The fraction of sp³-hybridized carbons (Fsp3) is 0. The molecule has 0 saturated heterocycles. The molecule has 188 valence electrons. The van der Waals surface area contributed by atoms with Crippen LogP contribution in [0.1, 0.15) is 0 Å². The van der Waals surface area contributed by atoms with Crippen LogP contribution in [0.25, 0.3) is 43.9 Å². The third kappa shape index (κ3) is 3.61. The van der Waals surface area contributed by atoms with Crippen molar-refractivity contribution in [1.29, 1.82) is 0 Å². The molecule has 0 radical (unpaired) electrons. The second kappa shape index (κ2) is 9.37. The molecule has 0 bridgehead atoms. The molecule has 8 rings (SSSR count). The first-order valence-corrected chi connectivity index (χ1v) is 14.2. The maximum absolute atomic E-state index is 4.82. The standard InChI is InChI=1S/C36H23N3S/c1-3-11-24(12-4-1)30-23-37-38-33(27-15-5-2-6-16-27)36(30)39-34-28-17-9-7-13-25(28)19-21-31(34)40-32-22-20-26-14-8-10-18-29(26)35(32)39/h1-23H. The van der Waals surface area contributed by atoms with E-state index in [1.54, 1.807) is 0 Å². The fourth-order valence-electron chi connectivity index (χ4n) is 5.78. The molecular weight excluding hydrogens is 506 g/mol. The third-order valence-corrected chi connectivity index (χ3v) is 8.67. The highest BCUT2D eigenvalue weighted by atomic mass is 32.2. The van der Waals surface area contributed by atoms with Gasteiger partial charge in [0.1, 0.15) is 5.69 Å². The number of nitrogens with zero attached hydrogens (tertiary/aromatic N) is 3. The molecule has 0 N–H and O–H groups in total. The van der Waals surface area contributed by atoms with E-state index >= 15 is 0 Å². The van der Waals surface area contributed by atoms with E-state index in [1.807, 2.05) is 24.0 Å². The van der Waals surface area contributed by atoms with Crippen molar-refractivity contribution in [2.24, 2.45) is 0 Å². The van der Waals surface area contributed by atoms with E-state index in [0.717, 1.165) is 28.1 Å². The molecule has 40 heavy (non-hydrogen) atoms. The van der Waals surface area contributed by atoms with Crippen LogP contribution >= 0.6 is 11.8 Å². The van der Waals surface area contributed by atoms with Crippen molar-refractivity contribution in [2.45, 2.75) is 9.79 Å². The summed E-state index contributed by atoms with van der Waals surface area (Å²) in [4.78, 5) is 4.90. The molecule has 0 saturated carbocycles. The summed E-state index contributed by atoms with van der Waals surface area (Å²) >= 11 is 1.84. The zero-order valence-corrected chi connectivity index (χ0v) is 22.3. The van der Waals surface area contributed by atoms with Gasteiger partial charge in [-0.05, 0) is 28.5 Å². The molecule has 0 fully saturated rings. The van der Waals surface area contributed by atoms with Gasteiger partial charge in [0.05, 0.1) is 23.3 Å². The van der Waals surface area contributed by atoms with Crippen molar-refractivity contribution in [3.05, 3.63) is 140 Å². The lowest BCUT2D eigenvalue weighted by Crippen LogP contribution is -2.18. The zero-order valence-electron chi connectivity index (χ0n) is 21.5. The van der Waals surface area contributed by atoms with Crippen LogP contribution in [0.15, 0.2) is 149 Å². The molecule has 4 heteroatoms. The average Bonchev–Trinajstić information content (AvgIpc) is 3.04. The highest BCUT2D eigenvalue weighted by Crippen LogP contribution is 2.58. The van der Waals surface area contributed by atoms with Crippen molar-refractivity contribution in [1.82, 2.24) is 10.2 Å². The Hall–Kier alpha value is -4.93. The summed E-state index contributed by atoms with van der Waals surface area (Å²) in [6.45, 7) is 0. The molecule has 0 amide bonds. The summed E-state index contributed by atoms with van der Waals surface area (Å²) in [6, 6.07) is 47.2. The van der Waals surface area contributed by atoms with Crippen LogP contribution < -0.4 is 4.90 Å². The van der Waals surface area contributed by atoms with Gasteiger partial charge in [-0.2, -0.15) is 5.10 Å². The van der Waals surface area contributed by atoms with Crippen LogP contribution in [-0.2, 0) is 0 Å². The number of rotatable bonds is 3. The van der Waals surface area contributed by atoms with Crippen LogP contribution in [0.4, 0.5) is 17.1 Å². The predicted octanol–water partition coefficient (Wildman–Crippen LogP) is 10.1. The first-order chi connectivity index (χ1) is 19.9. The normalized spacial score (nSPS) is 12.3. The van der Waals surface area contributed by atoms with E-state index in [9.17, 15) is 0 Å². The summed E-state index contributed by atoms with van der Waals surface area (Å²) in [6.07, 6.45) is 1.91. The quantitative estimate of drug-likeness (QED) is 0.228. The Morgan fingerprint density at radius 1 is 0.475 bits per heavy atom. The van der Waals surface area contributed by atoms with Crippen LogP contribution in [0, 0.1) is 0 Å². The minimum atomic E-state index is 0.853. The number of fused-ring (bicyclic) bond motifs is 6. The monoisotopic (exact) mass is 529 g/mol. The van der Waals surface area contributed by atoms with E-state index < -0.39 is 0 Å². The van der Waals surface area contributed by atoms with Gasteiger partial charge in [0.2, 0.25) is 0 Å². The second-order valence-corrected chi connectivity index (χ2v) is 11.0. The van der Waals surface area contributed by atoms with Crippen molar-refractivity contribution < 1.29 is 0 Å². The topological polar surface area (TPSA) is 29.0 Å². The maximum atomic E-state index is 4.82. The lowest BCUT2D eigenvalue weighted by molar-refractivity contribution is 1.03. The summed E-state index contributed by atoms with van der Waals surface area (Å²) in [7, 11) is 0. The number of anilines is 3. The highest BCUT2D eigenvalue weighted by molar-refractivity contribution is 7.99. The van der Waals surface area contributed by atoms with E-state index in [0.29, 0.717) is 0 Å². The summed E-state index contributed by atoms with van der Waals surface area (Å²) in [5.74, 6) is 0. The van der Waals surface area contributed by atoms with Gasteiger partial charge in [-0.1, -0.05) is 133 Å². The van der Waals surface area contributed by atoms with Gasteiger partial charge in [-0.3, -0.25) is 0 Å². The molecule has 1 aliphatic heterocycles. The van der Waals surface area contributed by atoms with Crippen molar-refractivity contribution in [2.75, 3.05) is 4.90 Å². The third-order valence-electron chi connectivity index (χ3n) is 7.57. The van der Waals surface area contributed by atoms with E-state index in [2.05, 4.69) is 137 Å². The molecule has 2 heterocycles. The summed E-state index contributed by atoms with van der Waals surface area (Å²) in [5.41, 5.74) is 7.41. The molecule has 0 spiro atoms. The Morgan fingerprint density at radius 2 is 1.00 bits per heavy atom. The number of aromatic nitrogens is 2. The maximum Gasteiger partial charge on any atom is 0.118 e. The van der Waals surface area contributed by atoms with Crippen LogP contribution in [0.2, 0.25) is 0 Å². The Balaban J connectivity index is 1.57. The van der Waals surface area contributed by atoms with Gasteiger partial charge in [0.15, 0.2) is 0 Å². The predicted molar refractivity (Wildman–Crippen MR) is 167 cm³/mol. The van der Waals surface area contributed by atoms with Crippen LogP contribution in [0.5, 0.6) is 0 Å².